The molecule has 0 spiro atoms. The highest BCUT2D eigenvalue weighted by Gasteiger charge is 2.22. The van der Waals surface area contributed by atoms with E-state index in [2.05, 4.69) is 5.32 Å². The number of carbonyl (C=O) groups is 1. The number of benzene rings is 3. The molecule has 11 heteroatoms. The third-order valence-corrected chi connectivity index (χ3v) is 6.78. The summed E-state index contributed by atoms with van der Waals surface area (Å²) in [4.78, 5) is 12.6. The topological polar surface area (TPSA) is 105 Å². The molecule has 35 heavy (non-hydrogen) atoms. The summed E-state index contributed by atoms with van der Waals surface area (Å²) in [5.74, 6) is -1.02. The van der Waals surface area contributed by atoms with E-state index in [4.69, 9.17) is 43.7 Å². The number of anilines is 1. The predicted molar refractivity (Wildman–Crippen MR) is 136 cm³/mol. The van der Waals surface area contributed by atoms with Crippen LogP contribution >= 0.6 is 34.8 Å². The molecule has 0 aliphatic carbocycles. The van der Waals surface area contributed by atoms with Gasteiger partial charge in [0.2, 0.25) is 5.75 Å². The molecule has 3 rings (SSSR count). The Kier molecular flexibility index (Phi) is 8.30. The van der Waals surface area contributed by atoms with Gasteiger partial charge >= 0.3 is 10.1 Å². The van der Waals surface area contributed by atoms with Crippen LogP contribution in [0.4, 0.5) is 5.69 Å². The third kappa shape index (κ3) is 6.27. The van der Waals surface area contributed by atoms with E-state index >= 15 is 0 Å². The molecule has 0 fully saturated rings. The Labute approximate surface area is 217 Å². The van der Waals surface area contributed by atoms with E-state index in [0.717, 1.165) is 5.56 Å². The van der Waals surface area contributed by atoms with Gasteiger partial charge in [-0.3, -0.25) is 4.79 Å². The van der Waals surface area contributed by atoms with Crippen molar-refractivity contribution >= 4 is 62.6 Å². The first-order chi connectivity index (χ1) is 16.6. The zero-order valence-corrected chi connectivity index (χ0v) is 21.4. The van der Waals surface area contributed by atoms with Gasteiger partial charge in [0.05, 0.1) is 27.9 Å². The Hall–Kier alpha value is -3.22. The maximum absolute atomic E-state index is 12.7. The van der Waals surface area contributed by atoms with Gasteiger partial charge in [0, 0.05) is 0 Å². The van der Waals surface area contributed by atoms with Gasteiger partial charge in [-0.15, -0.1) is 0 Å². The van der Waals surface area contributed by atoms with Gasteiger partial charge in [0.15, 0.2) is 5.75 Å². The fraction of sp³-hybridized carbons (Fsp3) is 0.0833. The van der Waals surface area contributed by atoms with Crippen molar-refractivity contribution < 1.29 is 22.1 Å². The number of amides is 1. The maximum Gasteiger partial charge on any atom is 0.339 e. The van der Waals surface area contributed by atoms with Gasteiger partial charge in [-0.2, -0.15) is 13.7 Å². The number of hydrogen-bond acceptors (Lipinski definition) is 6. The molecular formula is C24H17Cl3N2O5S. The highest BCUT2D eigenvalue weighted by atomic mass is 35.5. The van der Waals surface area contributed by atoms with Crippen LogP contribution in [0.1, 0.15) is 11.1 Å². The SMILES string of the molecule is COc1cc(/C=C(\C#N)C(=O)Nc2c(Cl)cccc2Cl)cc(Cl)c1OS(=O)(=O)c1ccc(C)cc1. The molecule has 0 bridgehead atoms. The summed E-state index contributed by atoms with van der Waals surface area (Å²) < 4.78 is 35.9. The Morgan fingerprint density at radius 2 is 1.66 bits per heavy atom. The van der Waals surface area contributed by atoms with E-state index in [1.165, 1.54) is 49.6 Å². The second-order valence-electron chi connectivity index (χ2n) is 7.11. The molecule has 3 aromatic carbocycles. The van der Waals surface area contributed by atoms with Crippen LogP contribution in [-0.4, -0.2) is 21.4 Å². The molecule has 0 saturated heterocycles. The first-order valence-electron chi connectivity index (χ1n) is 9.81. The number of ether oxygens (including phenoxy) is 1. The summed E-state index contributed by atoms with van der Waals surface area (Å²) in [5.41, 5.74) is 1.02. The number of nitrogens with one attached hydrogen (secondary N) is 1. The van der Waals surface area contributed by atoms with Crippen LogP contribution in [0.3, 0.4) is 0 Å². The van der Waals surface area contributed by atoms with Crippen molar-refractivity contribution in [2.45, 2.75) is 11.8 Å². The zero-order valence-electron chi connectivity index (χ0n) is 18.3. The van der Waals surface area contributed by atoms with Crippen LogP contribution in [0.25, 0.3) is 6.08 Å². The number of halogens is 3. The van der Waals surface area contributed by atoms with Gasteiger partial charge in [0.25, 0.3) is 5.91 Å². The van der Waals surface area contributed by atoms with Gasteiger partial charge < -0.3 is 14.2 Å². The molecule has 0 unspecified atom stereocenters. The fourth-order valence-electron chi connectivity index (χ4n) is 2.88. The molecule has 3 aromatic rings. The highest BCUT2D eigenvalue weighted by Crippen LogP contribution is 2.39. The van der Waals surface area contributed by atoms with Crippen LogP contribution in [0, 0.1) is 18.3 Å². The average Bonchev–Trinajstić information content (AvgIpc) is 2.81. The first kappa shape index (κ1) is 26.4. The van der Waals surface area contributed by atoms with Crippen molar-refractivity contribution in [2.75, 3.05) is 12.4 Å². The lowest BCUT2D eigenvalue weighted by atomic mass is 10.1. The largest absolute Gasteiger partial charge is 0.493 e. The van der Waals surface area contributed by atoms with Crippen molar-refractivity contribution in [3.05, 3.63) is 86.4 Å². The summed E-state index contributed by atoms with van der Waals surface area (Å²) >= 11 is 18.4. The molecule has 180 valence electrons. The number of methoxy groups -OCH3 is 1. The molecule has 0 aliphatic rings. The summed E-state index contributed by atoms with van der Waals surface area (Å²) in [6.07, 6.45) is 1.24. The van der Waals surface area contributed by atoms with Crippen molar-refractivity contribution in [2.24, 2.45) is 0 Å². The second-order valence-corrected chi connectivity index (χ2v) is 9.87. The van der Waals surface area contributed by atoms with Gasteiger partial charge in [-0.05, 0) is 55.0 Å². The smallest absolute Gasteiger partial charge is 0.339 e. The minimum Gasteiger partial charge on any atom is -0.493 e. The Balaban J connectivity index is 1.93. The van der Waals surface area contributed by atoms with Crippen LogP contribution in [0.5, 0.6) is 11.5 Å². The molecule has 1 amide bonds. The van der Waals surface area contributed by atoms with E-state index < -0.39 is 16.0 Å². The molecule has 0 aliphatic heterocycles. The molecule has 0 heterocycles. The number of carbonyl (C=O) groups excluding carboxylic acids is 1. The standard InChI is InChI=1S/C24H17Cl3N2O5S/c1-14-6-8-17(9-7-14)35(31,32)34-23-20(27)11-15(12-21(23)33-2)10-16(13-28)24(30)29-22-18(25)4-3-5-19(22)26/h3-12H,1-2H3,(H,29,30)/b16-10+. The minimum atomic E-state index is -4.20. The van der Waals surface area contributed by atoms with Gasteiger partial charge in [-0.25, -0.2) is 0 Å². The van der Waals surface area contributed by atoms with Crippen LogP contribution in [0.15, 0.2) is 65.1 Å². The molecule has 7 nitrogen and oxygen atoms in total. The number of hydrogen-bond donors (Lipinski definition) is 1. The molecule has 0 aromatic heterocycles. The Morgan fingerprint density at radius 3 is 2.23 bits per heavy atom. The average molecular weight is 552 g/mol. The van der Waals surface area contributed by atoms with E-state index in [0.29, 0.717) is 0 Å². The Bertz CT molecular complexity index is 1440. The number of rotatable bonds is 7. The van der Waals surface area contributed by atoms with Crippen LogP contribution in [-0.2, 0) is 14.9 Å². The normalized spacial score (nSPS) is 11.5. The molecule has 0 saturated carbocycles. The minimum absolute atomic E-state index is 0.0220. The summed E-state index contributed by atoms with van der Waals surface area (Å²) in [5, 5.41) is 12.3. The Morgan fingerprint density at radius 1 is 1.03 bits per heavy atom. The molecular weight excluding hydrogens is 535 g/mol. The lowest BCUT2D eigenvalue weighted by Gasteiger charge is -2.13. The van der Waals surface area contributed by atoms with Crippen LogP contribution < -0.4 is 14.2 Å². The van der Waals surface area contributed by atoms with E-state index in [1.54, 1.807) is 24.3 Å². The summed E-state index contributed by atoms with van der Waals surface area (Å²) in [6, 6.07) is 15.3. The summed E-state index contributed by atoms with van der Waals surface area (Å²) in [7, 11) is -2.91. The number of nitrogens with zero attached hydrogens (tertiary/aromatic N) is 1. The monoisotopic (exact) mass is 550 g/mol. The van der Waals surface area contributed by atoms with Crippen molar-refractivity contribution in [3.63, 3.8) is 0 Å². The van der Waals surface area contributed by atoms with Crippen molar-refractivity contribution in [1.29, 1.82) is 5.26 Å². The molecule has 0 atom stereocenters. The van der Waals surface area contributed by atoms with Crippen molar-refractivity contribution in [3.8, 4) is 17.6 Å². The van der Waals surface area contributed by atoms with Crippen molar-refractivity contribution in [1.82, 2.24) is 0 Å². The summed E-state index contributed by atoms with van der Waals surface area (Å²) in [6.45, 7) is 1.82. The van der Waals surface area contributed by atoms with E-state index in [9.17, 15) is 18.5 Å². The lowest BCUT2D eigenvalue weighted by molar-refractivity contribution is -0.112. The number of nitriles is 1. The maximum atomic E-state index is 12.7. The molecule has 0 radical (unpaired) electrons. The zero-order chi connectivity index (χ0) is 25.8. The first-order valence-corrected chi connectivity index (χ1v) is 12.4. The third-order valence-electron chi connectivity index (χ3n) is 4.63. The van der Waals surface area contributed by atoms with Crippen LogP contribution in [0.2, 0.25) is 15.1 Å². The predicted octanol–water partition coefficient (Wildman–Crippen LogP) is 6.28. The molecule has 1 N–H and O–H groups in total. The van der Waals surface area contributed by atoms with Gasteiger partial charge in [-0.1, -0.05) is 58.6 Å². The number of aryl methyl sites for hydroxylation is 1. The quantitative estimate of drug-likeness (QED) is 0.211. The number of para-hydroxylation sites is 1. The van der Waals surface area contributed by atoms with Gasteiger partial charge in [0.1, 0.15) is 16.5 Å². The van der Waals surface area contributed by atoms with E-state index in [1.807, 2.05) is 6.92 Å². The highest BCUT2D eigenvalue weighted by molar-refractivity contribution is 7.87. The second kappa shape index (κ2) is 11.0. The fourth-order valence-corrected chi connectivity index (χ4v) is 4.63. The van der Waals surface area contributed by atoms with E-state index in [-0.39, 0.29) is 48.3 Å². The lowest BCUT2D eigenvalue weighted by Crippen LogP contribution is -2.14.